The number of hydrogen-bond donors (Lipinski definition) is 3. The fourth-order valence-corrected chi connectivity index (χ4v) is 3.29. The van der Waals surface area contributed by atoms with E-state index in [0.717, 1.165) is 11.1 Å². The molecule has 0 unspecified atom stereocenters. The summed E-state index contributed by atoms with van der Waals surface area (Å²) in [7, 11) is 0. The summed E-state index contributed by atoms with van der Waals surface area (Å²) in [6.07, 6.45) is -0.709. The summed E-state index contributed by atoms with van der Waals surface area (Å²) in [6, 6.07) is 21.1. The van der Waals surface area contributed by atoms with E-state index in [1.165, 1.54) is 24.3 Å². The average Bonchev–Trinajstić information content (AvgIpc) is 2.84. The van der Waals surface area contributed by atoms with Gasteiger partial charge in [-0.1, -0.05) is 72.8 Å². The molecule has 8 heteroatoms. The monoisotopic (exact) mass is 464 g/mol. The van der Waals surface area contributed by atoms with Gasteiger partial charge in [-0.15, -0.1) is 0 Å². The summed E-state index contributed by atoms with van der Waals surface area (Å²) in [5.74, 6) is -2.36. The quantitative estimate of drug-likeness (QED) is 0.426. The summed E-state index contributed by atoms with van der Waals surface area (Å²) in [5, 5.41) is 14.6. The number of rotatable bonds is 10. The Labute approximate surface area is 196 Å². The second kappa shape index (κ2) is 12.2. The first-order valence-corrected chi connectivity index (χ1v) is 10.7. The number of carboxylic acid groups (broad SMARTS) is 1. The largest absolute Gasteiger partial charge is 0.480 e. The molecule has 0 aliphatic heterocycles. The molecule has 0 radical (unpaired) electrons. The molecule has 0 spiro atoms. The smallest absolute Gasteiger partial charge is 0.408 e. The van der Waals surface area contributed by atoms with Gasteiger partial charge in [-0.25, -0.2) is 14.0 Å². The lowest BCUT2D eigenvalue weighted by Crippen LogP contribution is -2.53. The fraction of sp³-hybridized carbons (Fsp3) is 0.192. The number of carbonyl (C=O) groups is 3. The molecule has 0 saturated heterocycles. The van der Waals surface area contributed by atoms with Crippen LogP contribution in [0.3, 0.4) is 0 Å². The highest BCUT2D eigenvalue weighted by molar-refractivity contribution is 5.89. The highest BCUT2D eigenvalue weighted by atomic mass is 19.1. The Hall–Kier alpha value is -4.20. The van der Waals surface area contributed by atoms with Crippen LogP contribution in [0.4, 0.5) is 9.18 Å². The van der Waals surface area contributed by atoms with Crippen molar-refractivity contribution < 1.29 is 28.6 Å². The second-order valence-corrected chi connectivity index (χ2v) is 7.68. The number of nitrogens with one attached hydrogen (secondary N) is 2. The summed E-state index contributed by atoms with van der Waals surface area (Å²) in [4.78, 5) is 37.2. The number of hydrogen-bond acceptors (Lipinski definition) is 4. The Balaban J connectivity index is 1.68. The number of amides is 2. The predicted molar refractivity (Wildman–Crippen MR) is 123 cm³/mol. The van der Waals surface area contributed by atoms with Gasteiger partial charge in [-0.3, -0.25) is 4.79 Å². The van der Waals surface area contributed by atoms with Crippen molar-refractivity contribution in [1.82, 2.24) is 10.6 Å². The zero-order valence-electron chi connectivity index (χ0n) is 18.3. The Kier molecular flexibility index (Phi) is 8.73. The number of alkyl carbamates (subject to hydrolysis) is 1. The summed E-state index contributed by atoms with van der Waals surface area (Å²) < 4.78 is 18.4. The van der Waals surface area contributed by atoms with Crippen LogP contribution in [0.25, 0.3) is 0 Å². The topological polar surface area (TPSA) is 105 Å². The highest BCUT2D eigenvalue weighted by Gasteiger charge is 2.27. The van der Waals surface area contributed by atoms with Crippen molar-refractivity contribution in [2.24, 2.45) is 0 Å². The minimum Gasteiger partial charge on any atom is -0.480 e. The van der Waals surface area contributed by atoms with E-state index < -0.39 is 35.9 Å². The molecule has 34 heavy (non-hydrogen) atoms. The maximum absolute atomic E-state index is 13.2. The molecule has 0 aromatic heterocycles. The van der Waals surface area contributed by atoms with Gasteiger partial charge in [0, 0.05) is 12.8 Å². The van der Waals surface area contributed by atoms with Crippen LogP contribution in [0, 0.1) is 5.82 Å². The normalized spacial score (nSPS) is 12.3. The Bertz CT molecular complexity index is 1090. The Morgan fingerprint density at radius 3 is 1.85 bits per heavy atom. The van der Waals surface area contributed by atoms with E-state index in [-0.39, 0.29) is 19.4 Å². The molecule has 3 aromatic rings. The Morgan fingerprint density at radius 2 is 1.26 bits per heavy atom. The zero-order chi connectivity index (χ0) is 24.3. The standard InChI is InChI=1S/C26H25FN2O5/c27-21-13-11-19(12-14-21)16-23(25(31)32)28-24(30)22(15-18-7-3-1-4-8-18)29-26(33)34-17-20-9-5-2-6-10-20/h1-14,22-23H,15-17H2,(H,28,30)(H,29,33)(H,31,32)/t22-,23+/m0/s1. The van der Waals surface area contributed by atoms with Gasteiger partial charge in [-0.05, 0) is 28.8 Å². The van der Waals surface area contributed by atoms with E-state index in [9.17, 15) is 23.9 Å². The van der Waals surface area contributed by atoms with Crippen LogP contribution in [0.15, 0.2) is 84.9 Å². The van der Waals surface area contributed by atoms with Gasteiger partial charge in [0.25, 0.3) is 0 Å². The lowest BCUT2D eigenvalue weighted by Gasteiger charge is -2.21. The SMILES string of the molecule is O=C(N[C@@H](Cc1ccccc1)C(=O)N[C@H](Cc1ccc(F)cc1)C(=O)O)OCc1ccccc1. The van der Waals surface area contributed by atoms with Gasteiger partial charge >= 0.3 is 12.1 Å². The molecular weight excluding hydrogens is 439 g/mol. The van der Waals surface area contributed by atoms with Crippen LogP contribution in [0.1, 0.15) is 16.7 Å². The minimum absolute atomic E-state index is 0.0225. The molecular formula is C26H25FN2O5. The van der Waals surface area contributed by atoms with Crippen LogP contribution in [0.2, 0.25) is 0 Å². The molecule has 3 aromatic carbocycles. The van der Waals surface area contributed by atoms with E-state index in [0.29, 0.717) is 5.56 Å². The minimum atomic E-state index is -1.27. The zero-order valence-corrected chi connectivity index (χ0v) is 18.3. The van der Waals surface area contributed by atoms with Crippen LogP contribution < -0.4 is 10.6 Å². The first-order valence-electron chi connectivity index (χ1n) is 10.7. The van der Waals surface area contributed by atoms with E-state index >= 15 is 0 Å². The van der Waals surface area contributed by atoms with Crippen molar-refractivity contribution >= 4 is 18.0 Å². The van der Waals surface area contributed by atoms with E-state index in [1.54, 1.807) is 36.4 Å². The predicted octanol–water partition coefficient (Wildman–Crippen LogP) is 3.48. The molecule has 2 amide bonds. The molecule has 3 N–H and O–H groups in total. The lowest BCUT2D eigenvalue weighted by molar-refractivity contribution is -0.142. The summed E-state index contributed by atoms with van der Waals surface area (Å²) >= 11 is 0. The third kappa shape index (κ3) is 7.74. The number of carboxylic acids is 1. The van der Waals surface area contributed by atoms with E-state index in [1.807, 2.05) is 24.3 Å². The molecule has 7 nitrogen and oxygen atoms in total. The molecule has 0 fully saturated rings. The van der Waals surface area contributed by atoms with Crippen molar-refractivity contribution in [3.63, 3.8) is 0 Å². The van der Waals surface area contributed by atoms with Gasteiger partial charge < -0.3 is 20.5 Å². The first kappa shape index (κ1) is 24.4. The molecule has 0 heterocycles. The van der Waals surface area contributed by atoms with Gasteiger partial charge in [-0.2, -0.15) is 0 Å². The molecule has 3 rings (SSSR count). The number of ether oxygens (including phenoxy) is 1. The second-order valence-electron chi connectivity index (χ2n) is 7.68. The third-order valence-corrected chi connectivity index (χ3v) is 5.07. The van der Waals surface area contributed by atoms with Crippen LogP contribution in [0.5, 0.6) is 0 Å². The van der Waals surface area contributed by atoms with Crippen molar-refractivity contribution in [3.05, 3.63) is 107 Å². The van der Waals surface area contributed by atoms with Crippen molar-refractivity contribution in [2.45, 2.75) is 31.5 Å². The highest BCUT2D eigenvalue weighted by Crippen LogP contribution is 2.09. The third-order valence-electron chi connectivity index (χ3n) is 5.07. The number of halogens is 1. The summed E-state index contributed by atoms with van der Waals surface area (Å²) in [5.41, 5.74) is 2.10. The first-order chi connectivity index (χ1) is 16.4. The average molecular weight is 464 g/mol. The molecule has 0 aliphatic carbocycles. The van der Waals surface area contributed by atoms with E-state index in [4.69, 9.17) is 4.74 Å². The molecule has 0 aliphatic rings. The van der Waals surface area contributed by atoms with Crippen LogP contribution in [-0.4, -0.2) is 35.2 Å². The van der Waals surface area contributed by atoms with Gasteiger partial charge in [0.05, 0.1) is 0 Å². The van der Waals surface area contributed by atoms with E-state index in [2.05, 4.69) is 10.6 Å². The molecule has 0 saturated carbocycles. The lowest BCUT2D eigenvalue weighted by atomic mass is 10.0. The molecule has 2 atom stereocenters. The summed E-state index contributed by atoms with van der Waals surface area (Å²) in [6.45, 7) is 0.0225. The van der Waals surface area contributed by atoms with Crippen LogP contribution in [-0.2, 0) is 33.8 Å². The fourth-order valence-electron chi connectivity index (χ4n) is 3.29. The maximum Gasteiger partial charge on any atom is 0.408 e. The number of aliphatic carboxylic acids is 1. The maximum atomic E-state index is 13.2. The van der Waals surface area contributed by atoms with Crippen molar-refractivity contribution in [3.8, 4) is 0 Å². The van der Waals surface area contributed by atoms with Gasteiger partial charge in [0.1, 0.15) is 24.5 Å². The molecule has 0 bridgehead atoms. The van der Waals surface area contributed by atoms with Gasteiger partial charge in [0.2, 0.25) is 5.91 Å². The number of benzene rings is 3. The van der Waals surface area contributed by atoms with Crippen molar-refractivity contribution in [2.75, 3.05) is 0 Å². The molecule has 176 valence electrons. The van der Waals surface area contributed by atoms with Gasteiger partial charge in [0.15, 0.2) is 0 Å². The van der Waals surface area contributed by atoms with Crippen molar-refractivity contribution in [1.29, 1.82) is 0 Å². The van der Waals surface area contributed by atoms with Crippen LogP contribution >= 0.6 is 0 Å². The number of carbonyl (C=O) groups excluding carboxylic acids is 2. The Morgan fingerprint density at radius 1 is 0.735 bits per heavy atom.